The fraction of sp³-hybridized carbons (Fsp3) is 0.333. The van der Waals surface area contributed by atoms with E-state index in [9.17, 15) is 0 Å². The minimum Gasteiger partial charge on any atom is -0.494 e. The summed E-state index contributed by atoms with van der Waals surface area (Å²) >= 11 is 6.03. The second-order valence-corrected chi connectivity index (χ2v) is 4.65. The minimum atomic E-state index is 0.519. The summed E-state index contributed by atoms with van der Waals surface area (Å²) in [6.07, 6.45) is 3.17. The third-order valence-electron chi connectivity index (χ3n) is 2.87. The first-order chi connectivity index (χ1) is 9.81. The number of benzene rings is 1. The number of anilines is 1. The van der Waals surface area contributed by atoms with Crippen molar-refractivity contribution >= 4 is 17.4 Å². The van der Waals surface area contributed by atoms with Gasteiger partial charge in [0.1, 0.15) is 23.0 Å². The Bertz CT molecular complexity index is 534. The second-order valence-electron chi connectivity index (χ2n) is 4.29. The first kappa shape index (κ1) is 14.6. The molecule has 2 rings (SSSR count). The van der Waals surface area contributed by atoms with Crippen LogP contribution in [0.5, 0.6) is 5.75 Å². The van der Waals surface area contributed by atoms with Gasteiger partial charge in [0.2, 0.25) is 0 Å². The highest BCUT2D eigenvalue weighted by Gasteiger charge is 2.06. The number of halogens is 1. The molecule has 0 spiro atoms. The van der Waals surface area contributed by atoms with Crippen molar-refractivity contribution in [2.24, 2.45) is 0 Å². The molecule has 0 aliphatic carbocycles. The molecule has 20 heavy (non-hydrogen) atoms. The van der Waals surface area contributed by atoms with Gasteiger partial charge in [-0.05, 0) is 25.0 Å². The van der Waals surface area contributed by atoms with Gasteiger partial charge >= 0.3 is 0 Å². The van der Waals surface area contributed by atoms with Crippen molar-refractivity contribution in [2.45, 2.75) is 19.8 Å². The second kappa shape index (κ2) is 7.70. The zero-order valence-corrected chi connectivity index (χ0v) is 12.2. The summed E-state index contributed by atoms with van der Waals surface area (Å²) < 4.78 is 5.63. The lowest BCUT2D eigenvalue weighted by molar-refractivity contribution is 0.315. The highest BCUT2D eigenvalue weighted by atomic mass is 35.5. The highest BCUT2D eigenvalue weighted by Crippen LogP contribution is 2.19. The van der Waals surface area contributed by atoms with E-state index in [1.54, 1.807) is 0 Å². The molecule has 5 heteroatoms. The van der Waals surface area contributed by atoms with E-state index in [1.165, 1.54) is 6.33 Å². The predicted molar refractivity (Wildman–Crippen MR) is 81.5 cm³/mol. The van der Waals surface area contributed by atoms with Gasteiger partial charge < -0.3 is 10.1 Å². The first-order valence-electron chi connectivity index (χ1n) is 6.72. The van der Waals surface area contributed by atoms with E-state index >= 15 is 0 Å². The van der Waals surface area contributed by atoms with Crippen molar-refractivity contribution in [1.82, 2.24) is 9.97 Å². The Hall–Kier alpha value is -1.81. The fourth-order valence-corrected chi connectivity index (χ4v) is 2.11. The molecule has 0 aliphatic rings. The van der Waals surface area contributed by atoms with Crippen LogP contribution in [0.1, 0.15) is 18.9 Å². The van der Waals surface area contributed by atoms with E-state index in [-0.39, 0.29) is 0 Å². The largest absolute Gasteiger partial charge is 0.494 e. The Morgan fingerprint density at radius 1 is 1.20 bits per heavy atom. The number of nitrogens with one attached hydrogen (secondary N) is 1. The van der Waals surface area contributed by atoms with Gasteiger partial charge in [-0.3, -0.25) is 0 Å². The summed E-state index contributed by atoms with van der Waals surface area (Å²) in [5, 5.41) is 3.79. The van der Waals surface area contributed by atoms with Crippen LogP contribution in [0.4, 0.5) is 5.82 Å². The van der Waals surface area contributed by atoms with Crippen LogP contribution < -0.4 is 10.1 Å². The molecule has 0 atom stereocenters. The van der Waals surface area contributed by atoms with Crippen LogP contribution in [-0.2, 0) is 6.42 Å². The van der Waals surface area contributed by atoms with Crippen LogP contribution in [0.3, 0.4) is 0 Å². The summed E-state index contributed by atoms with van der Waals surface area (Å²) in [5.74, 6) is 1.71. The van der Waals surface area contributed by atoms with Crippen LogP contribution in [0.15, 0.2) is 36.7 Å². The summed E-state index contributed by atoms with van der Waals surface area (Å²) in [5.41, 5.74) is 0.957. The highest BCUT2D eigenvalue weighted by molar-refractivity contribution is 6.30. The lowest BCUT2D eigenvalue weighted by Crippen LogP contribution is -2.10. The normalized spacial score (nSPS) is 10.3. The van der Waals surface area contributed by atoms with Crippen LogP contribution in [-0.4, -0.2) is 23.1 Å². The van der Waals surface area contributed by atoms with Crippen molar-refractivity contribution in [3.63, 3.8) is 0 Å². The topological polar surface area (TPSA) is 47.0 Å². The van der Waals surface area contributed by atoms with Gasteiger partial charge in [0, 0.05) is 12.1 Å². The molecule has 4 nitrogen and oxygen atoms in total. The predicted octanol–water partition coefficient (Wildman–Crippen LogP) is 3.57. The lowest BCUT2D eigenvalue weighted by Gasteiger charge is -2.10. The fourth-order valence-electron chi connectivity index (χ4n) is 1.84. The Labute approximate surface area is 124 Å². The molecule has 1 heterocycles. The number of ether oxygens (including phenoxy) is 1. The van der Waals surface area contributed by atoms with E-state index in [4.69, 9.17) is 16.3 Å². The molecule has 1 aromatic carbocycles. The van der Waals surface area contributed by atoms with Gasteiger partial charge in [-0.25, -0.2) is 9.97 Å². The van der Waals surface area contributed by atoms with Crippen molar-refractivity contribution in [3.8, 4) is 5.75 Å². The van der Waals surface area contributed by atoms with Gasteiger partial charge in [-0.2, -0.15) is 0 Å². The Kier molecular flexibility index (Phi) is 5.62. The van der Waals surface area contributed by atoms with E-state index in [0.717, 1.165) is 36.5 Å². The third kappa shape index (κ3) is 4.10. The van der Waals surface area contributed by atoms with Gasteiger partial charge in [-0.15, -0.1) is 0 Å². The zero-order valence-electron chi connectivity index (χ0n) is 11.5. The molecule has 0 fully saturated rings. The first-order valence-corrected chi connectivity index (χ1v) is 7.10. The zero-order chi connectivity index (χ0) is 14.2. The van der Waals surface area contributed by atoms with Gasteiger partial charge in [0.15, 0.2) is 0 Å². The smallest absolute Gasteiger partial charge is 0.137 e. The average Bonchev–Trinajstić information content (AvgIpc) is 2.48. The Morgan fingerprint density at radius 2 is 2.00 bits per heavy atom. The number of aromatic nitrogens is 2. The molecule has 2 aromatic rings. The van der Waals surface area contributed by atoms with E-state index in [0.29, 0.717) is 11.8 Å². The number of hydrogen-bond acceptors (Lipinski definition) is 4. The third-order valence-corrected chi connectivity index (χ3v) is 3.20. The maximum Gasteiger partial charge on any atom is 0.137 e. The summed E-state index contributed by atoms with van der Waals surface area (Å²) in [6, 6.07) is 9.80. The Balaban J connectivity index is 1.75. The molecule has 0 aliphatic heterocycles. The van der Waals surface area contributed by atoms with E-state index in [1.807, 2.05) is 37.3 Å². The van der Waals surface area contributed by atoms with Gasteiger partial charge in [0.25, 0.3) is 0 Å². The molecule has 106 valence electrons. The number of nitrogens with zero attached hydrogens (tertiary/aromatic N) is 2. The number of hydrogen-bond donors (Lipinski definition) is 1. The van der Waals surface area contributed by atoms with Crippen molar-refractivity contribution in [3.05, 3.63) is 47.4 Å². The molecule has 0 radical (unpaired) electrons. The van der Waals surface area contributed by atoms with E-state index < -0.39 is 0 Å². The molecular weight excluding hydrogens is 274 g/mol. The van der Waals surface area contributed by atoms with Crippen molar-refractivity contribution in [2.75, 3.05) is 18.5 Å². The van der Waals surface area contributed by atoms with Crippen LogP contribution in [0, 0.1) is 0 Å². The molecular formula is C15H18ClN3O. The molecule has 1 aromatic heterocycles. The van der Waals surface area contributed by atoms with Crippen molar-refractivity contribution < 1.29 is 4.74 Å². The SMILES string of the molecule is CCc1c(Cl)ncnc1NCCCOc1ccccc1. The van der Waals surface area contributed by atoms with Crippen LogP contribution in [0.2, 0.25) is 5.15 Å². The Morgan fingerprint density at radius 3 is 2.75 bits per heavy atom. The summed E-state index contributed by atoms with van der Waals surface area (Å²) in [6.45, 7) is 3.48. The summed E-state index contributed by atoms with van der Waals surface area (Å²) in [4.78, 5) is 8.20. The minimum absolute atomic E-state index is 0.519. The standard InChI is InChI=1S/C15H18ClN3O/c1-2-13-14(16)18-11-19-15(13)17-9-6-10-20-12-7-4-3-5-8-12/h3-5,7-8,11H,2,6,9-10H2,1H3,(H,17,18,19). The average molecular weight is 292 g/mol. The molecule has 0 saturated heterocycles. The van der Waals surface area contributed by atoms with Crippen LogP contribution >= 0.6 is 11.6 Å². The quantitative estimate of drug-likeness (QED) is 0.626. The molecule has 0 saturated carbocycles. The van der Waals surface area contributed by atoms with E-state index in [2.05, 4.69) is 15.3 Å². The van der Waals surface area contributed by atoms with Gasteiger partial charge in [0.05, 0.1) is 6.61 Å². The molecule has 0 unspecified atom stereocenters. The molecule has 1 N–H and O–H groups in total. The summed E-state index contributed by atoms with van der Waals surface area (Å²) in [7, 11) is 0. The van der Waals surface area contributed by atoms with Gasteiger partial charge in [-0.1, -0.05) is 36.7 Å². The monoisotopic (exact) mass is 291 g/mol. The maximum atomic E-state index is 6.03. The molecule has 0 amide bonds. The van der Waals surface area contributed by atoms with Crippen LogP contribution in [0.25, 0.3) is 0 Å². The molecule has 0 bridgehead atoms. The maximum absolute atomic E-state index is 6.03. The van der Waals surface area contributed by atoms with Crippen molar-refractivity contribution in [1.29, 1.82) is 0 Å². The lowest BCUT2D eigenvalue weighted by atomic mass is 10.2. The number of para-hydroxylation sites is 1. The number of rotatable bonds is 7.